The highest BCUT2D eigenvalue weighted by Gasteiger charge is 2.13. The number of methoxy groups -OCH3 is 1. The minimum atomic E-state index is -1.13. The van der Waals surface area contributed by atoms with Crippen LogP contribution in [0.4, 0.5) is 10.5 Å². The van der Waals surface area contributed by atoms with E-state index in [4.69, 9.17) is 15.6 Å². The molecule has 7 heteroatoms. The number of nitrogens with two attached hydrogens (primary N) is 1. The number of carboxylic acid groups (broad SMARTS) is 1. The van der Waals surface area contributed by atoms with Gasteiger partial charge in [0.15, 0.2) is 0 Å². The van der Waals surface area contributed by atoms with Gasteiger partial charge in [0, 0.05) is 19.2 Å². The van der Waals surface area contributed by atoms with Crippen molar-refractivity contribution in [3.8, 4) is 5.75 Å². The number of carbonyl (C=O) groups is 2. The number of urea groups is 1. The number of hydrogen-bond acceptors (Lipinski definition) is 4. The van der Waals surface area contributed by atoms with Gasteiger partial charge in [-0.2, -0.15) is 0 Å². The molecule has 0 aliphatic rings. The van der Waals surface area contributed by atoms with E-state index in [1.54, 1.807) is 0 Å². The van der Waals surface area contributed by atoms with Gasteiger partial charge in [-0.15, -0.1) is 0 Å². The number of carboxylic acids is 1. The predicted molar refractivity (Wildman–Crippen MR) is 66.0 cm³/mol. The van der Waals surface area contributed by atoms with Gasteiger partial charge >= 0.3 is 12.0 Å². The molecule has 0 bridgehead atoms. The Hall–Kier alpha value is -2.28. The molecule has 18 heavy (non-hydrogen) atoms. The lowest BCUT2D eigenvalue weighted by Gasteiger charge is -2.10. The van der Waals surface area contributed by atoms with E-state index in [0.29, 0.717) is 18.8 Å². The first-order valence-corrected chi connectivity index (χ1v) is 5.24. The minimum absolute atomic E-state index is 0.0151. The fourth-order valence-corrected chi connectivity index (χ4v) is 1.29. The molecule has 2 amide bonds. The molecule has 0 aliphatic carbocycles. The lowest BCUT2D eigenvalue weighted by atomic mass is 10.1. The van der Waals surface area contributed by atoms with E-state index in [-0.39, 0.29) is 11.3 Å². The average molecular weight is 253 g/mol. The van der Waals surface area contributed by atoms with Gasteiger partial charge in [-0.1, -0.05) is 0 Å². The molecule has 0 heterocycles. The quantitative estimate of drug-likeness (QED) is 0.609. The van der Waals surface area contributed by atoms with E-state index in [9.17, 15) is 9.59 Å². The Labute approximate surface area is 104 Å². The van der Waals surface area contributed by atoms with Crippen LogP contribution in [0.5, 0.6) is 5.75 Å². The zero-order valence-corrected chi connectivity index (χ0v) is 9.90. The maximum atomic E-state index is 11.4. The van der Waals surface area contributed by atoms with Crippen molar-refractivity contribution in [1.82, 2.24) is 5.32 Å². The topological polar surface area (TPSA) is 114 Å². The summed E-state index contributed by atoms with van der Waals surface area (Å²) in [6, 6.07) is 3.79. The molecule has 0 atom stereocenters. The second kappa shape index (κ2) is 6.45. The molecule has 5 N–H and O–H groups in total. The van der Waals surface area contributed by atoms with Crippen LogP contribution in [0.1, 0.15) is 10.4 Å². The number of benzene rings is 1. The van der Waals surface area contributed by atoms with Crippen LogP contribution in [-0.4, -0.2) is 37.3 Å². The molecular formula is C11H15N3O4. The van der Waals surface area contributed by atoms with Crippen molar-refractivity contribution in [2.75, 3.05) is 25.5 Å². The lowest BCUT2D eigenvalue weighted by Crippen LogP contribution is -2.33. The summed E-state index contributed by atoms with van der Waals surface area (Å²) in [5, 5.41) is 13.9. The first-order valence-electron chi connectivity index (χ1n) is 5.24. The second-order valence-corrected chi connectivity index (χ2v) is 3.39. The molecule has 1 aromatic carbocycles. The third-order valence-corrected chi connectivity index (χ3v) is 2.14. The van der Waals surface area contributed by atoms with Crippen LogP contribution >= 0.6 is 0 Å². The van der Waals surface area contributed by atoms with E-state index >= 15 is 0 Å². The molecule has 0 unspecified atom stereocenters. The zero-order chi connectivity index (χ0) is 13.5. The average Bonchev–Trinajstić information content (AvgIpc) is 2.35. The molecular weight excluding hydrogens is 238 g/mol. The van der Waals surface area contributed by atoms with Gasteiger partial charge in [0.05, 0.1) is 18.4 Å². The number of anilines is 1. The van der Waals surface area contributed by atoms with Gasteiger partial charge in [-0.3, -0.25) is 0 Å². The van der Waals surface area contributed by atoms with Crippen molar-refractivity contribution in [2.45, 2.75) is 0 Å². The highest BCUT2D eigenvalue weighted by molar-refractivity contribution is 6.00. The van der Waals surface area contributed by atoms with Crippen molar-refractivity contribution in [3.63, 3.8) is 0 Å². The summed E-state index contributed by atoms with van der Waals surface area (Å²) in [7, 11) is 1.45. The van der Waals surface area contributed by atoms with Gasteiger partial charge in [-0.05, 0) is 12.1 Å². The highest BCUT2D eigenvalue weighted by atomic mass is 16.5. The maximum Gasteiger partial charge on any atom is 0.337 e. The highest BCUT2D eigenvalue weighted by Crippen LogP contribution is 2.22. The van der Waals surface area contributed by atoms with Crippen LogP contribution in [0.2, 0.25) is 0 Å². The van der Waals surface area contributed by atoms with Crippen LogP contribution in [0.25, 0.3) is 0 Å². The molecule has 7 nitrogen and oxygen atoms in total. The first kappa shape index (κ1) is 13.8. The first-order chi connectivity index (χ1) is 8.58. The molecule has 98 valence electrons. The standard InChI is InChI=1S/C11H15N3O4/c1-18-7-2-3-8(10(15)16)9(6-7)14-11(17)13-5-4-12/h2-3,6H,4-5,12H2,1H3,(H,15,16)(H2,13,14,17). The van der Waals surface area contributed by atoms with Crippen LogP contribution in [0.15, 0.2) is 18.2 Å². The van der Waals surface area contributed by atoms with Crippen molar-refractivity contribution in [2.24, 2.45) is 5.73 Å². The van der Waals surface area contributed by atoms with Crippen molar-refractivity contribution in [1.29, 1.82) is 0 Å². The summed E-state index contributed by atoms with van der Waals surface area (Å²) < 4.78 is 4.97. The SMILES string of the molecule is COc1ccc(C(=O)O)c(NC(=O)NCCN)c1. The number of aromatic carboxylic acids is 1. The Morgan fingerprint density at radius 3 is 2.72 bits per heavy atom. The predicted octanol–water partition coefficient (Wildman–Crippen LogP) is 0.474. The fraction of sp³-hybridized carbons (Fsp3) is 0.273. The van der Waals surface area contributed by atoms with Crippen molar-refractivity contribution in [3.05, 3.63) is 23.8 Å². The van der Waals surface area contributed by atoms with E-state index in [1.807, 2.05) is 0 Å². The van der Waals surface area contributed by atoms with E-state index in [1.165, 1.54) is 25.3 Å². The molecule has 1 rings (SSSR count). The third kappa shape index (κ3) is 3.63. The van der Waals surface area contributed by atoms with E-state index in [0.717, 1.165) is 0 Å². The van der Waals surface area contributed by atoms with Gasteiger partial charge in [0.25, 0.3) is 0 Å². The zero-order valence-electron chi connectivity index (χ0n) is 9.90. The summed E-state index contributed by atoms with van der Waals surface area (Å²) in [6.07, 6.45) is 0. The molecule has 1 aromatic rings. The van der Waals surface area contributed by atoms with Crippen molar-refractivity contribution < 1.29 is 19.4 Å². The normalized spacial score (nSPS) is 9.67. The molecule has 0 saturated carbocycles. The van der Waals surface area contributed by atoms with Crippen LogP contribution in [0, 0.1) is 0 Å². The monoisotopic (exact) mass is 253 g/mol. The molecule has 0 spiro atoms. The third-order valence-electron chi connectivity index (χ3n) is 2.14. The second-order valence-electron chi connectivity index (χ2n) is 3.39. The number of rotatable bonds is 5. The van der Waals surface area contributed by atoms with Gasteiger partial charge < -0.3 is 26.2 Å². The summed E-state index contributed by atoms with van der Waals surface area (Å²) in [4.78, 5) is 22.4. The Morgan fingerprint density at radius 2 is 2.17 bits per heavy atom. The van der Waals surface area contributed by atoms with E-state index < -0.39 is 12.0 Å². The number of amides is 2. The lowest BCUT2D eigenvalue weighted by molar-refractivity contribution is 0.0698. The van der Waals surface area contributed by atoms with Crippen LogP contribution in [0.3, 0.4) is 0 Å². The van der Waals surface area contributed by atoms with Crippen LogP contribution < -0.4 is 21.1 Å². The number of nitrogens with one attached hydrogen (secondary N) is 2. The largest absolute Gasteiger partial charge is 0.497 e. The molecule has 0 radical (unpaired) electrons. The summed E-state index contributed by atoms with van der Waals surface area (Å²) in [6.45, 7) is 0.607. The van der Waals surface area contributed by atoms with Crippen LogP contribution in [-0.2, 0) is 0 Å². The Morgan fingerprint density at radius 1 is 1.44 bits per heavy atom. The maximum absolute atomic E-state index is 11.4. The fourth-order valence-electron chi connectivity index (χ4n) is 1.29. The molecule has 0 aliphatic heterocycles. The Bertz CT molecular complexity index is 448. The molecule has 0 fully saturated rings. The summed E-state index contributed by atoms with van der Waals surface area (Å²) in [5.74, 6) is -0.680. The van der Waals surface area contributed by atoms with Gasteiger partial charge in [0.1, 0.15) is 5.75 Å². The minimum Gasteiger partial charge on any atom is -0.497 e. The van der Waals surface area contributed by atoms with Gasteiger partial charge in [0.2, 0.25) is 0 Å². The Kier molecular flexibility index (Phi) is 4.94. The van der Waals surface area contributed by atoms with Crippen molar-refractivity contribution >= 4 is 17.7 Å². The molecule has 0 saturated heterocycles. The number of carbonyl (C=O) groups excluding carboxylic acids is 1. The number of ether oxygens (including phenoxy) is 1. The molecule has 0 aromatic heterocycles. The summed E-state index contributed by atoms with van der Waals surface area (Å²) in [5.41, 5.74) is 5.39. The number of hydrogen-bond donors (Lipinski definition) is 4. The van der Waals surface area contributed by atoms with Gasteiger partial charge in [-0.25, -0.2) is 9.59 Å². The van der Waals surface area contributed by atoms with E-state index in [2.05, 4.69) is 10.6 Å². The Balaban J connectivity index is 2.90. The summed E-state index contributed by atoms with van der Waals surface area (Å²) >= 11 is 0. The smallest absolute Gasteiger partial charge is 0.337 e.